The monoisotopic (exact) mass is 256 g/mol. The number of benzene rings is 1. The number of nitrogens with zero attached hydrogens (tertiary/aromatic N) is 4. The number of hydrogen-bond acceptors (Lipinski definition) is 3. The standard InChI is InChI=1S/C13H6F2N4/c14-10-5-4-8(6-11(10)15)13-17-12-3-1-2-9(7-16)19(12)18-13/h1-6H. The highest BCUT2D eigenvalue weighted by Gasteiger charge is 2.11. The zero-order chi connectivity index (χ0) is 13.4. The molecule has 0 atom stereocenters. The molecular weight excluding hydrogens is 250 g/mol. The fourth-order valence-electron chi connectivity index (χ4n) is 1.75. The van der Waals surface area contributed by atoms with E-state index in [2.05, 4.69) is 10.1 Å². The Hall–Kier alpha value is -2.81. The molecular formula is C13H6F2N4. The molecule has 0 amide bonds. The van der Waals surface area contributed by atoms with Crippen molar-refractivity contribution < 1.29 is 8.78 Å². The molecule has 0 radical (unpaired) electrons. The van der Waals surface area contributed by atoms with Gasteiger partial charge in [0.05, 0.1) is 0 Å². The molecule has 0 aliphatic heterocycles. The van der Waals surface area contributed by atoms with Crippen LogP contribution >= 0.6 is 0 Å². The summed E-state index contributed by atoms with van der Waals surface area (Å²) in [5, 5.41) is 13.1. The van der Waals surface area contributed by atoms with Crippen LogP contribution in [0.4, 0.5) is 8.78 Å². The summed E-state index contributed by atoms with van der Waals surface area (Å²) < 4.78 is 27.4. The van der Waals surface area contributed by atoms with Gasteiger partial charge in [-0.2, -0.15) is 5.26 Å². The first-order valence-electron chi connectivity index (χ1n) is 5.40. The summed E-state index contributed by atoms with van der Waals surface area (Å²) in [4.78, 5) is 4.17. The zero-order valence-electron chi connectivity index (χ0n) is 9.51. The van der Waals surface area contributed by atoms with Crippen LogP contribution in [0.15, 0.2) is 36.4 Å². The summed E-state index contributed by atoms with van der Waals surface area (Å²) in [6.07, 6.45) is 0. The first-order chi connectivity index (χ1) is 9.19. The van der Waals surface area contributed by atoms with Crippen LogP contribution in [0.25, 0.3) is 17.0 Å². The Labute approximate surface area is 106 Å². The van der Waals surface area contributed by atoms with Crippen molar-refractivity contribution in [1.82, 2.24) is 14.6 Å². The van der Waals surface area contributed by atoms with Gasteiger partial charge in [-0.15, -0.1) is 5.10 Å². The first kappa shape index (κ1) is 11.3. The summed E-state index contributed by atoms with van der Waals surface area (Å²) in [6.45, 7) is 0. The minimum Gasteiger partial charge on any atom is -0.207 e. The summed E-state index contributed by atoms with van der Waals surface area (Å²) in [5.74, 6) is -1.65. The van der Waals surface area contributed by atoms with E-state index in [9.17, 15) is 8.78 Å². The van der Waals surface area contributed by atoms with E-state index in [0.29, 0.717) is 16.9 Å². The highest BCUT2D eigenvalue weighted by Crippen LogP contribution is 2.19. The maximum atomic E-state index is 13.2. The summed E-state index contributed by atoms with van der Waals surface area (Å²) in [6, 6.07) is 10.4. The summed E-state index contributed by atoms with van der Waals surface area (Å²) in [5.41, 5.74) is 1.14. The molecule has 0 saturated carbocycles. The lowest BCUT2D eigenvalue weighted by atomic mass is 10.2. The third-order valence-electron chi connectivity index (χ3n) is 2.65. The Kier molecular flexibility index (Phi) is 2.46. The van der Waals surface area contributed by atoms with Gasteiger partial charge < -0.3 is 0 Å². The fraction of sp³-hybridized carbons (Fsp3) is 0. The molecule has 2 heterocycles. The maximum Gasteiger partial charge on any atom is 0.182 e. The van der Waals surface area contributed by atoms with Crippen molar-refractivity contribution in [3.8, 4) is 17.5 Å². The van der Waals surface area contributed by atoms with Crippen molar-refractivity contribution in [2.45, 2.75) is 0 Å². The smallest absolute Gasteiger partial charge is 0.182 e. The van der Waals surface area contributed by atoms with Crippen LogP contribution in [0.2, 0.25) is 0 Å². The van der Waals surface area contributed by atoms with Gasteiger partial charge in [-0.25, -0.2) is 18.3 Å². The van der Waals surface area contributed by atoms with Crippen molar-refractivity contribution in [2.24, 2.45) is 0 Å². The van der Waals surface area contributed by atoms with Crippen LogP contribution in [0.3, 0.4) is 0 Å². The van der Waals surface area contributed by atoms with Gasteiger partial charge in [0.2, 0.25) is 0 Å². The van der Waals surface area contributed by atoms with Crippen molar-refractivity contribution in [3.05, 3.63) is 53.7 Å². The minimum absolute atomic E-state index is 0.238. The number of rotatable bonds is 1. The molecule has 3 aromatic rings. The predicted octanol–water partition coefficient (Wildman–Crippen LogP) is 2.55. The molecule has 92 valence electrons. The Bertz CT molecular complexity index is 817. The molecule has 0 spiro atoms. The van der Waals surface area contributed by atoms with Gasteiger partial charge in [-0.05, 0) is 30.3 Å². The zero-order valence-corrected chi connectivity index (χ0v) is 9.51. The van der Waals surface area contributed by atoms with Crippen LogP contribution in [0.5, 0.6) is 0 Å². The molecule has 0 unspecified atom stereocenters. The number of pyridine rings is 1. The molecule has 0 N–H and O–H groups in total. The predicted molar refractivity (Wildman–Crippen MR) is 63.1 cm³/mol. The lowest BCUT2D eigenvalue weighted by Gasteiger charge is -1.96. The van der Waals surface area contributed by atoms with Gasteiger partial charge in [0, 0.05) is 5.56 Å². The van der Waals surface area contributed by atoms with E-state index < -0.39 is 11.6 Å². The molecule has 0 aliphatic rings. The van der Waals surface area contributed by atoms with Gasteiger partial charge in [0.25, 0.3) is 0 Å². The van der Waals surface area contributed by atoms with Gasteiger partial charge in [-0.3, -0.25) is 0 Å². The molecule has 2 aromatic heterocycles. The van der Waals surface area contributed by atoms with E-state index in [1.54, 1.807) is 18.2 Å². The van der Waals surface area contributed by atoms with Gasteiger partial charge >= 0.3 is 0 Å². The summed E-state index contributed by atoms with van der Waals surface area (Å²) in [7, 11) is 0. The number of hydrogen-bond donors (Lipinski definition) is 0. The highest BCUT2D eigenvalue weighted by atomic mass is 19.2. The molecule has 1 aromatic carbocycles. The Morgan fingerprint density at radius 2 is 1.95 bits per heavy atom. The van der Waals surface area contributed by atoms with Crippen LogP contribution < -0.4 is 0 Å². The van der Waals surface area contributed by atoms with E-state index in [1.165, 1.54) is 10.6 Å². The normalized spacial score (nSPS) is 10.6. The van der Waals surface area contributed by atoms with Gasteiger partial charge in [0.15, 0.2) is 23.1 Å². The Morgan fingerprint density at radius 1 is 1.11 bits per heavy atom. The molecule has 6 heteroatoms. The molecule has 0 fully saturated rings. The topological polar surface area (TPSA) is 54.0 Å². The Balaban J connectivity index is 2.21. The molecule has 0 bridgehead atoms. The van der Waals surface area contributed by atoms with Gasteiger partial charge in [-0.1, -0.05) is 6.07 Å². The Morgan fingerprint density at radius 3 is 2.68 bits per heavy atom. The van der Waals surface area contributed by atoms with Gasteiger partial charge in [0.1, 0.15) is 11.8 Å². The van der Waals surface area contributed by atoms with E-state index in [4.69, 9.17) is 5.26 Å². The maximum absolute atomic E-state index is 13.2. The average Bonchev–Trinajstić information content (AvgIpc) is 2.85. The first-order valence-corrected chi connectivity index (χ1v) is 5.40. The lowest BCUT2D eigenvalue weighted by molar-refractivity contribution is 0.509. The van der Waals surface area contributed by atoms with E-state index in [1.807, 2.05) is 6.07 Å². The molecule has 19 heavy (non-hydrogen) atoms. The van der Waals surface area contributed by atoms with E-state index in [-0.39, 0.29) is 5.82 Å². The highest BCUT2D eigenvalue weighted by molar-refractivity contribution is 5.58. The van der Waals surface area contributed by atoms with Crippen molar-refractivity contribution >= 4 is 5.65 Å². The van der Waals surface area contributed by atoms with Crippen molar-refractivity contribution in [3.63, 3.8) is 0 Å². The second-order valence-electron chi connectivity index (χ2n) is 3.86. The SMILES string of the molecule is N#Cc1cccc2nc(-c3ccc(F)c(F)c3)nn12. The molecule has 0 aliphatic carbocycles. The van der Waals surface area contributed by atoms with Crippen molar-refractivity contribution in [1.29, 1.82) is 5.26 Å². The minimum atomic E-state index is -0.961. The van der Waals surface area contributed by atoms with E-state index in [0.717, 1.165) is 12.1 Å². The second-order valence-corrected chi connectivity index (χ2v) is 3.86. The quantitative estimate of drug-likeness (QED) is 0.672. The van der Waals surface area contributed by atoms with Crippen LogP contribution in [0, 0.1) is 23.0 Å². The molecule has 3 rings (SSSR count). The number of nitriles is 1. The van der Waals surface area contributed by atoms with Crippen molar-refractivity contribution in [2.75, 3.05) is 0 Å². The molecule has 0 saturated heterocycles. The van der Waals surface area contributed by atoms with Crippen LogP contribution in [-0.4, -0.2) is 14.6 Å². The third-order valence-corrected chi connectivity index (χ3v) is 2.65. The average molecular weight is 256 g/mol. The molecule has 4 nitrogen and oxygen atoms in total. The number of fused-ring (bicyclic) bond motifs is 1. The van der Waals surface area contributed by atoms with E-state index >= 15 is 0 Å². The number of halogens is 2. The summed E-state index contributed by atoms with van der Waals surface area (Å²) >= 11 is 0. The van der Waals surface area contributed by atoms with Crippen LogP contribution in [-0.2, 0) is 0 Å². The second kappa shape index (κ2) is 4.14. The third kappa shape index (κ3) is 1.81. The number of aromatic nitrogens is 3. The lowest BCUT2D eigenvalue weighted by Crippen LogP contribution is -1.93. The largest absolute Gasteiger partial charge is 0.207 e. The fourth-order valence-corrected chi connectivity index (χ4v) is 1.75. The van der Waals surface area contributed by atoms with Crippen LogP contribution in [0.1, 0.15) is 5.69 Å².